The third kappa shape index (κ3) is 22.7. The molecule has 0 bridgehead atoms. The van der Waals surface area contributed by atoms with Crippen LogP contribution in [0.1, 0.15) is 117 Å². The Morgan fingerprint density at radius 3 is 1.73 bits per heavy atom. The lowest BCUT2D eigenvalue weighted by Gasteiger charge is -2.39. The van der Waals surface area contributed by atoms with Crippen LogP contribution < -0.4 is 0 Å². The number of carbonyl (C=O) groups is 2. The Morgan fingerprint density at radius 1 is 0.653 bits per heavy atom. The van der Waals surface area contributed by atoms with E-state index in [1.165, 1.54) is 32.1 Å². The molecule has 0 aromatic carbocycles. The van der Waals surface area contributed by atoms with E-state index in [9.17, 15) is 30.0 Å². The van der Waals surface area contributed by atoms with Crippen LogP contribution in [0.2, 0.25) is 0 Å². The summed E-state index contributed by atoms with van der Waals surface area (Å²) in [6.45, 7) is 3.14. The molecule has 1 rings (SSSR count). The van der Waals surface area contributed by atoms with Crippen LogP contribution in [0, 0.1) is 0 Å². The smallest absolute Gasteiger partial charge is 0.310 e. The van der Waals surface area contributed by atoms with E-state index in [1.54, 1.807) is 6.08 Å². The van der Waals surface area contributed by atoms with Gasteiger partial charge in [0.1, 0.15) is 31.0 Å². The molecule has 0 aromatic rings. The maximum Gasteiger partial charge on any atom is 0.310 e. The fourth-order valence-corrected chi connectivity index (χ4v) is 5.03. The van der Waals surface area contributed by atoms with E-state index in [2.05, 4.69) is 56.4 Å². The monoisotopic (exact) mass is 692 g/mol. The first-order valence-corrected chi connectivity index (χ1v) is 18.4. The largest absolute Gasteiger partial charge is 0.462 e. The summed E-state index contributed by atoms with van der Waals surface area (Å²) in [5.74, 6) is -0.964. The van der Waals surface area contributed by atoms with E-state index in [0.29, 0.717) is 12.8 Å². The van der Waals surface area contributed by atoms with Crippen LogP contribution in [-0.4, -0.2) is 89.0 Å². The van der Waals surface area contributed by atoms with Crippen LogP contribution in [0.4, 0.5) is 0 Å². The predicted octanol–water partition coefficient (Wildman–Crippen LogP) is 6.32. The molecule has 10 nitrogen and oxygen atoms in total. The van der Waals surface area contributed by atoms with Gasteiger partial charge in [0.25, 0.3) is 0 Å². The Balaban J connectivity index is 2.51. The molecule has 0 aromatic heterocycles. The first-order valence-electron chi connectivity index (χ1n) is 18.4. The van der Waals surface area contributed by atoms with Gasteiger partial charge in [-0.2, -0.15) is 0 Å². The number of carbonyl (C=O) groups excluding carboxylic acids is 2. The van der Waals surface area contributed by atoms with E-state index < -0.39 is 55.4 Å². The Hall–Kier alpha value is -2.60. The van der Waals surface area contributed by atoms with Crippen molar-refractivity contribution in [1.29, 1.82) is 0 Å². The number of ether oxygens (including phenoxy) is 4. The first-order chi connectivity index (χ1) is 23.8. The number of esters is 2. The number of aliphatic hydroxyl groups is 4. The number of aliphatic hydroxyl groups excluding tert-OH is 4. The Kier molecular flexibility index (Phi) is 27.4. The molecule has 0 saturated carbocycles. The normalized spacial score (nSPS) is 22.3. The van der Waals surface area contributed by atoms with Crippen molar-refractivity contribution in [1.82, 2.24) is 0 Å². The van der Waals surface area contributed by atoms with Gasteiger partial charge in [-0.3, -0.25) is 9.59 Å². The molecule has 6 atom stereocenters. The van der Waals surface area contributed by atoms with Gasteiger partial charge in [0, 0.05) is 6.42 Å². The fraction of sp³-hybridized carbons (Fsp3) is 0.692. The second-order valence-electron chi connectivity index (χ2n) is 12.3. The van der Waals surface area contributed by atoms with Crippen LogP contribution in [0.25, 0.3) is 0 Å². The third-order valence-corrected chi connectivity index (χ3v) is 7.95. The molecule has 1 heterocycles. The average molecular weight is 693 g/mol. The minimum absolute atomic E-state index is 0.00351. The lowest BCUT2D eigenvalue weighted by molar-refractivity contribution is -0.305. The molecule has 1 fully saturated rings. The summed E-state index contributed by atoms with van der Waals surface area (Å²) in [4.78, 5) is 25.0. The molecular weight excluding hydrogens is 628 g/mol. The van der Waals surface area contributed by atoms with Crippen molar-refractivity contribution in [2.75, 3.05) is 19.8 Å². The zero-order valence-corrected chi connectivity index (χ0v) is 29.9. The molecule has 0 amide bonds. The molecule has 1 aliphatic rings. The van der Waals surface area contributed by atoms with Gasteiger partial charge in [-0.15, -0.1) is 0 Å². The molecule has 10 heteroatoms. The molecule has 6 unspecified atom stereocenters. The van der Waals surface area contributed by atoms with Crippen LogP contribution in [0.3, 0.4) is 0 Å². The summed E-state index contributed by atoms with van der Waals surface area (Å²) < 4.78 is 21.9. The molecule has 1 aliphatic heterocycles. The number of allylic oxidation sites excluding steroid dienone is 9. The van der Waals surface area contributed by atoms with E-state index in [0.717, 1.165) is 44.9 Å². The zero-order valence-electron chi connectivity index (χ0n) is 29.9. The van der Waals surface area contributed by atoms with Crippen molar-refractivity contribution >= 4 is 11.9 Å². The van der Waals surface area contributed by atoms with Crippen molar-refractivity contribution in [2.24, 2.45) is 0 Å². The van der Waals surface area contributed by atoms with Crippen LogP contribution in [-0.2, 0) is 28.5 Å². The minimum Gasteiger partial charge on any atom is -0.462 e. The predicted molar refractivity (Wildman–Crippen MR) is 191 cm³/mol. The molecule has 49 heavy (non-hydrogen) atoms. The van der Waals surface area contributed by atoms with Crippen LogP contribution in [0.5, 0.6) is 0 Å². The van der Waals surface area contributed by atoms with E-state index in [1.807, 2.05) is 12.2 Å². The lowest BCUT2D eigenvalue weighted by Crippen LogP contribution is -2.59. The van der Waals surface area contributed by atoms with Gasteiger partial charge in [-0.1, -0.05) is 126 Å². The number of rotatable bonds is 28. The molecule has 1 saturated heterocycles. The summed E-state index contributed by atoms with van der Waals surface area (Å²) in [5.41, 5.74) is 0. The fourth-order valence-electron chi connectivity index (χ4n) is 5.03. The highest BCUT2D eigenvalue weighted by Crippen LogP contribution is 2.22. The van der Waals surface area contributed by atoms with Crippen molar-refractivity contribution in [3.63, 3.8) is 0 Å². The first kappa shape index (κ1) is 44.4. The molecule has 0 spiro atoms. The highest BCUT2D eigenvalue weighted by atomic mass is 16.7. The van der Waals surface area contributed by atoms with Gasteiger partial charge >= 0.3 is 11.9 Å². The van der Waals surface area contributed by atoms with Crippen molar-refractivity contribution < 1.29 is 49.0 Å². The standard InChI is InChI=1S/C39H64O10/c1-3-5-7-9-11-13-14-15-16-17-18-20-22-24-26-28-35(42)48-32(31-47-39-38(45)37(44)36(43)33(29-40)49-39)30-46-34(41)27-25-23-21-19-12-10-8-6-4-2/h5,7,11,13,15-16,18,20,24,26,32-33,36-40,43-45H,3-4,6,8-10,12,14,17,19,21-23,25,27-31H2,1-2H3/b7-5-,13-11-,16-15-,20-18-,26-24-. The molecule has 0 radical (unpaired) electrons. The van der Waals surface area contributed by atoms with Crippen LogP contribution in [0.15, 0.2) is 60.8 Å². The third-order valence-electron chi connectivity index (χ3n) is 7.95. The molecule has 4 N–H and O–H groups in total. The Morgan fingerprint density at radius 2 is 1.18 bits per heavy atom. The van der Waals surface area contributed by atoms with Crippen molar-refractivity contribution in [3.8, 4) is 0 Å². The highest BCUT2D eigenvalue weighted by Gasteiger charge is 2.44. The van der Waals surface area contributed by atoms with Gasteiger partial charge in [-0.25, -0.2) is 0 Å². The molecule has 280 valence electrons. The molecular formula is C39H64O10. The van der Waals surface area contributed by atoms with E-state index in [-0.39, 0.29) is 26.1 Å². The van der Waals surface area contributed by atoms with Gasteiger partial charge in [-0.05, 0) is 38.5 Å². The average Bonchev–Trinajstić information content (AvgIpc) is 3.10. The Bertz CT molecular complexity index is 986. The van der Waals surface area contributed by atoms with Gasteiger partial charge < -0.3 is 39.4 Å². The van der Waals surface area contributed by atoms with Crippen molar-refractivity contribution in [3.05, 3.63) is 60.8 Å². The highest BCUT2D eigenvalue weighted by molar-refractivity contribution is 5.71. The number of unbranched alkanes of at least 4 members (excludes halogenated alkanes) is 8. The zero-order chi connectivity index (χ0) is 36.0. The number of hydrogen-bond acceptors (Lipinski definition) is 10. The summed E-state index contributed by atoms with van der Waals surface area (Å²) >= 11 is 0. The van der Waals surface area contributed by atoms with E-state index in [4.69, 9.17) is 18.9 Å². The van der Waals surface area contributed by atoms with Gasteiger partial charge in [0.05, 0.1) is 19.6 Å². The van der Waals surface area contributed by atoms with E-state index >= 15 is 0 Å². The second kappa shape index (κ2) is 30.2. The maximum atomic E-state index is 12.6. The topological polar surface area (TPSA) is 152 Å². The number of hydrogen-bond donors (Lipinski definition) is 4. The summed E-state index contributed by atoms with van der Waals surface area (Å²) in [6.07, 6.45) is 27.0. The second-order valence-corrected chi connectivity index (χ2v) is 12.3. The summed E-state index contributed by atoms with van der Waals surface area (Å²) in [7, 11) is 0. The Labute approximate surface area is 294 Å². The quantitative estimate of drug-likeness (QED) is 0.0417. The SMILES string of the molecule is CC/C=C\C/C=C\C/C=C\C/C=C\C/C=C\CC(=O)OC(COC(=O)CCCCCCCCCCC)COC1OC(CO)C(O)C(O)C1O. The van der Waals surface area contributed by atoms with Crippen LogP contribution >= 0.6 is 0 Å². The van der Waals surface area contributed by atoms with Gasteiger partial charge in [0.2, 0.25) is 0 Å². The lowest BCUT2D eigenvalue weighted by atomic mass is 9.99. The van der Waals surface area contributed by atoms with Crippen molar-refractivity contribution in [2.45, 2.75) is 153 Å². The minimum atomic E-state index is -1.61. The molecule has 0 aliphatic carbocycles. The van der Waals surface area contributed by atoms with Gasteiger partial charge in [0.15, 0.2) is 12.4 Å². The summed E-state index contributed by atoms with van der Waals surface area (Å²) in [5, 5.41) is 39.8. The maximum absolute atomic E-state index is 12.6. The summed E-state index contributed by atoms with van der Waals surface area (Å²) in [6, 6.07) is 0.